The van der Waals surface area contributed by atoms with E-state index in [1.807, 2.05) is 0 Å². The van der Waals surface area contributed by atoms with E-state index < -0.39 is 24.3 Å². The standard InChI is InChI=1S/C15H21N3O5/c1-10(19)17-11(2)23-14(20)13(16)8-9-18(15(21)22)12-6-4-3-5-7-12/h3-7,11,13H,8-9,16H2,1-2H3,(H,17,19)(H,21,22). The molecule has 0 saturated carbocycles. The van der Waals surface area contributed by atoms with Crippen molar-refractivity contribution in [1.82, 2.24) is 5.32 Å². The van der Waals surface area contributed by atoms with Gasteiger partial charge in [0, 0.05) is 19.2 Å². The van der Waals surface area contributed by atoms with Gasteiger partial charge in [-0.25, -0.2) is 4.79 Å². The van der Waals surface area contributed by atoms with Crippen LogP contribution in [-0.4, -0.2) is 41.9 Å². The van der Waals surface area contributed by atoms with Crippen LogP contribution in [0.1, 0.15) is 20.3 Å². The number of amides is 2. The molecule has 0 heterocycles. The van der Waals surface area contributed by atoms with Crippen LogP contribution in [0.3, 0.4) is 0 Å². The van der Waals surface area contributed by atoms with Gasteiger partial charge in [-0.05, 0) is 25.5 Å². The Hall–Kier alpha value is -2.61. The third-order valence-corrected chi connectivity index (χ3v) is 2.96. The Morgan fingerprint density at radius 1 is 1.30 bits per heavy atom. The number of nitrogens with two attached hydrogens (primary N) is 1. The molecule has 0 aliphatic carbocycles. The lowest BCUT2D eigenvalue weighted by Gasteiger charge is -2.22. The van der Waals surface area contributed by atoms with E-state index in [0.29, 0.717) is 5.69 Å². The first kappa shape index (κ1) is 18.4. The molecule has 23 heavy (non-hydrogen) atoms. The molecule has 4 N–H and O–H groups in total. The quantitative estimate of drug-likeness (QED) is 0.506. The lowest BCUT2D eigenvalue weighted by molar-refractivity contribution is -0.152. The predicted octanol–water partition coefficient (Wildman–Crippen LogP) is 0.914. The minimum atomic E-state index is -1.14. The van der Waals surface area contributed by atoms with Gasteiger partial charge in [-0.2, -0.15) is 0 Å². The SMILES string of the molecule is CC(=O)NC(C)OC(=O)C(N)CCN(C(=O)O)c1ccccc1. The van der Waals surface area contributed by atoms with Gasteiger partial charge in [0.2, 0.25) is 5.91 Å². The van der Waals surface area contributed by atoms with Crippen LogP contribution in [0.25, 0.3) is 0 Å². The highest BCUT2D eigenvalue weighted by atomic mass is 16.6. The maximum Gasteiger partial charge on any atom is 0.411 e. The number of carboxylic acid groups (broad SMARTS) is 1. The average Bonchev–Trinajstić information content (AvgIpc) is 2.46. The summed E-state index contributed by atoms with van der Waals surface area (Å²) in [5.74, 6) is -1.04. The van der Waals surface area contributed by atoms with Crippen LogP contribution in [0.15, 0.2) is 30.3 Å². The van der Waals surface area contributed by atoms with Crippen LogP contribution in [0.5, 0.6) is 0 Å². The molecular formula is C15H21N3O5. The Morgan fingerprint density at radius 3 is 2.43 bits per heavy atom. The molecule has 8 heteroatoms. The molecule has 0 saturated heterocycles. The van der Waals surface area contributed by atoms with E-state index in [1.165, 1.54) is 13.8 Å². The Kier molecular flexibility index (Phi) is 7.01. The van der Waals surface area contributed by atoms with Crippen LogP contribution in [-0.2, 0) is 14.3 Å². The van der Waals surface area contributed by atoms with Crippen molar-refractivity contribution in [1.29, 1.82) is 0 Å². The number of carbonyl (C=O) groups is 3. The summed E-state index contributed by atoms with van der Waals surface area (Å²) < 4.78 is 4.96. The summed E-state index contributed by atoms with van der Waals surface area (Å²) in [7, 11) is 0. The van der Waals surface area contributed by atoms with E-state index >= 15 is 0 Å². The number of hydrogen-bond acceptors (Lipinski definition) is 5. The summed E-state index contributed by atoms with van der Waals surface area (Å²) >= 11 is 0. The fourth-order valence-corrected chi connectivity index (χ4v) is 1.91. The zero-order valence-electron chi connectivity index (χ0n) is 13.1. The van der Waals surface area contributed by atoms with Crippen molar-refractivity contribution < 1.29 is 24.2 Å². The van der Waals surface area contributed by atoms with Crippen LogP contribution in [0, 0.1) is 0 Å². The van der Waals surface area contributed by atoms with Crippen LogP contribution >= 0.6 is 0 Å². The van der Waals surface area contributed by atoms with Gasteiger partial charge >= 0.3 is 12.1 Å². The van der Waals surface area contributed by atoms with Gasteiger partial charge in [0.05, 0.1) is 0 Å². The fraction of sp³-hybridized carbons (Fsp3) is 0.400. The molecule has 126 valence electrons. The Labute approximate surface area is 134 Å². The number of para-hydroxylation sites is 1. The molecule has 0 radical (unpaired) electrons. The van der Waals surface area contributed by atoms with Crippen LogP contribution in [0.2, 0.25) is 0 Å². The molecular weight excluding hydrogens is 302 g/mol. The van der Waals surface area contributed by atoms with Gasteiger partial charge in [-0.3, -0.25) is 14.5 Å². The number of hydrogen-bond donors (Lipinski definition) is 3. The van der Waals surface area contributed by atoms with Gasteiger partial charge in [-0.1, -0.05) is 18.2 Å². The first-order valence-corrected chi connectivity index (χ1v) is 7.10. The topological polar surface area (TPSA) is 122 Å². The third-order valence-electron chi connectivity index (χ3n) is 2.96. The van der Waals surface area contributed by atoms with E-state index in [0.717, 1.165) is 4.90 Å². The van der Waals surface area contributed by atoms with E-state index in [9.17, 15) is 19.5 Å². The molecule has 0 spiro atoms. The summed E-state index contributed by atoms with van der Waals surface area (Å²) in [6, 6.07) is 7.52. The molecule has 0 aromatic heterocycles. The number of carbonyl (C=O) groups excluding carboxylic acids is 2. The molecule has 2 atom stereocenters. The van der Waals surface area contributed by atoms with Gasteiger partial charge < -0.3 is 20.9 Å². The summed E-state index contributed by atoms with van der Waals surface area (Å²) in [6.07, 6.45) is -1.84. The minimum absolute atomic E-state index is 0.0458. The molecule has 2 amide bonds. The summed E-state index contributed by atoms with van der Waals surface area (Å²) in [6.45, 7) is 2.85. The monoisotopic (exact) mass is 323 g/mol. The van der Waals surface area contributed by atoms with Crippen LogP contribution in [0.4, 0.5) is 10.5 Å². The van der Waals surface area contributed by atoms with Gasteiger partial charge in [-0.15, -0.1) is 0 Å². The van der Waals surface area contributed by atoms with E-state index in [1.54, 1.807) is 30.3 Å². The van der Waals surface area contributed by atoms with E-state index in [2.05, 4.69) is 5.32 Å². The zero-order valence-corrected chi connectivity index (χ0v) is 13.1. The molecule has 8 nitrogen and oxygen atoms in total. The number of nitrogens with one attached hydrogen (secondary N) is 1. The van der Waals surface area contributed by atoms with Crippen molar-refractivity contribution in [3.8, 4) is 0 Å². The number of nitrogens with zero attached hydrogens (tertiary/aromatic N) is 1. The summed E-state index contributed by atoms with van der Waals surface area (Å²) in [4.78, 5) is 35.0. The molecule has 0 fully saturated rings. The number of ether oxygens (including phenoxy) is 1. The van der Waals surface area contributed by atoms with Crippen molar-refractivity contribution in [2.24, 2.45) is 5.73 Å². The number of anilines is 1. The van der Waals surface area contributed by atoms with Crippen LogP contribution < -0.4 is 16.0 Å². The second kappa shape index (κ2) is 8.74. The van der Waals surface area contributed by atoms with Crippen molar-refractivity contribution >= 4 is 23.7 Å². The largest absolute Gasteiger partial charge is 0.465 e. The highest BCUT2D eigenvalue weighted by molar-refractivity contribution is 5.86. The van der Waals surface area contributed by atoms with Crippen molar-refractivity contribution in [2.45, 2.75) is 32.5 Å². The van der Waals surface area contributed by atoms with E-state index in [4.69, 9.17) is 10.5 Å². The number of benzene rings is 1. The van der Waals surface area contributed by atoms with Gasteiger partial charge in [0.1, 0.15) is 6.04 Å². The van der Waals surface area contributed by atoms with Crippen molar-refractivity contribution in [3.05, 3.63) is 30.3 Å². The van der Waals surface area contributed by atoms with Gasteiger partial charge in [0.15, 0.2) is 6.23 Å². The highest BCUT2D eigenvalue weighted by Crippen LogP contribution is 2.14. The predicted molar refractivity (Wildman–Crippen MR) is 83.8 cm³/mol. The molecule has 0 aliphatic rings. The molecule has 1 aromatic carbocycles. The highest BCUT2D eigenvalue weighted by Gasteiger charge is 2.21. The van der Waals surface area contributed by atoms with Gasteiger partial charge in [0.25, 0.3) is 0 Å². The first-order valence-electron chi connectivity index (χ1n) is 7.10. The lowest BCUT2D eigenvalue weighted by atomic mass is 10.2. The Bertz CT molecular complexity index is 549. The molecule has 0 aliphatic heterocycles. The maximum atomic E-state index is 11.8. The summed E-state index contributed by atoms with van der Waals surface area (Å²) in [5, 5.41) is 11.6. The minimum Gasteiger partial charge on any atom is -0.465 e. The van der Waals surface area contributed by atoms with Crippen molar-refractivity contribution in [3.63, 3.8) is 0 Å². The molecule has 1 aromatic rings. The normalized spacial score (nSPS) is 12.8. The zero-order chi connectivity index (χ0) is 17.4. The second-order valence-corrected chi connectivity index (χ2v) is 4.94. The van der Waals surface area contributed by atoms with Crippen molar-refractivity contribution in [2.75, 3.05) is 11.4 Å². The smallest absolute Gasteiger partial charge is 0.411 e. The second-order valence-electron chi connectivity index (χ2n) is 4.94. The summed E-state index contributed by atoms with van der Waals surface area (Å²) in [5.41, 5.74) is 6.21. The molecule has 2 unspecified atom stereocenters. The first-order chi connectivity index (χ1) is 10.8. The Morgan fingerprint density at radius 2 is 1.91 bits per heavy atom. The van der Waals surface area contributed by atoms with E-state index in [-0.39, 0.29) is 18.9 Å². The third kappa shape index (κ3) is 6.35. The Balaban J connectivity index is 2.55. The number of rotatable bonds is 7. The average molecular weight is 323 g/mol. The fourth-order valence-electron chi connectivity index (χ4n) is 1.91. The lowest BCUT2D eigenvalue weighted by Crippen LogP contribution is -2.42. The molecule has 0 bridgehead atoms. The number of esters is 1. The maximum absolute atomic E-state index is 11.8. The molecule has 1 rings (SSSR count).